The van der Waals surface area contributed by atoms with E-state index in [4.69, 9.17) is 9.47 Å². The predicted molar refractivity (Wildman–Crippen MR) is 138 cm³/mol. The largest absolute Gasteiger partial charge is 0.497 e. The van der Waals surface area contributed by atoms with Gasteiger partial charge in [0.15, 0.2) is 0 Å². The van der Waals surface area contributed by atoms with Crippen molar-refractivity contribution in [1.82, 2.24) is 9.80 Å². The molecular formula is C28H33FN2O3S. The maximum atomic E-state index is 14.6. The molecular weight excluding hydrogens is 463 g/mol. The molecule has 1 atom stereocenters. The molecule has 186 valence electrons. The zero-order valence-corrected chi connectivity index (χ0v) is 21.4. The Hall–Kier alpha value is -2.90. The number of nitrogens with zero attached hydrogens (tertiary/aromatic N) is 2. The highest BCUT2D eigenvalue weighted by molar-refractivity contribution is 7.12. The Kier molecular flexibility index (Phi) is 8.42. The number of rotatable bonds is 9. The van der Waals surface area contributed by atoms with E-state index in [-0.39, 0.29) is 23.7 Å². The third-order valence-corrected chi connectivity index (χ3v) is 7.85. The molecule has 1 saturated heterocycles. The molecule has 1 fully saturated rings. The van der Waals surface area contributed by atoms with E-state index in [0.29, 0.717) is 16.9 Å². The van der Waals surface area contributed by atoms with Gasteiger partial charge in [-0.25, -0.2) is 4.39 Å². The number of hydrogen-bond donors (Lipinski definition) is 0. The van der Waals surface area contributed by atoms with Crippen molar-refractivity contribution in [3.8, 4) is 11.5 Å². The standard InChI is InChI=1S/C28H33FN2O3S/c1-30(28(32)27-9-6-16-35-27)25(18-21-7-4-5-8-24(21)29)20-12-14-31(15-13-20)19-22-17-23(33-2)10-11-26(22)34-3/h4-11,16-17,20,25H,12-15,18-19H2,1-3H3/t25-/m1/s1. The van der Waals surface area contributed by atoms with Crippen LogP contribution in [0.25, 0.3) is 0 Å². The van der Waals surface area contributed by atoms with Crippen molar-refractivity contribution in [2.75, 3.05) is 34.4 Å². The van der Waals surface area contributed by atoms with Crippen molar-refractivity contribution in [2.45, 2.75) is 31.8 Å². The number of likely N-dealkylation sites (N-methyl/N-ethyl adjacent to an activating group) is 1. The first-order valence-corrected chi connectivity index (χ1v) is 12.9. The van der Waals surface area contributed by atoms with Crippen molar-refractivity contribution in [3.63, 3.8) is 0 Å². The molecule has 0 N–H and O–H groups in total. The Morgan fingerprint density at radius 2 is 1.86 bits per heavy atom. The molecule has 4 rings (SSSR count). The molecule has 1 aromatic heterocycles. The monoisotopic (exact) mass is 496 g/mol. The number of piperidine rings is 1. The number of likely N-dealkylation sites (tertiary alicyclic amines) is 1. The summed E-state index contributed by atoms with van der Waals surface area (Å²) in [6.45, 7) is 2.58. The van der Waals surface area contributed by atoms with Gasteiger partial charge in [-0.2, -0.15) is 0 Å². The van der Waals surface area contributed by atoms with Crippen LogP contribution in [0.5, 0.6) is 11.5 Å². The average Bonchev–Trinajstić information content (AvgIpc) is 3.43. The molecule has 0 radical (unpaired) electrons. The maximum absolute atomic E-state index is 14.6. The van der Waals surface area contributed by atoms with Crippen molar-refractivity contribution in [2.24, 2.45) is 5.92 Å². The summed E-state index contributed by atoms with van der Waals surface area (Å²) < 4.78 is 25.5. The molecule has 2 heterocycles. The summed E-state index contributed by atoms with van der Waals surface area (Å²) in [5.74, 6) is 1.75. The first kappa shape index (κ1) is 25.2. The summed E-state index contributed by atoms with van der Waals surface area (Å²) in [6, 6.07) is 16.4. The number of benzene rings is 2. The van der Waals surface area contributed by atoms with Crippen LogP contribution in [0.15, 0.2) is 60.0 Å². The Bertz CT molecular complexity index is 1110. The van der Waals surface area contributed by atoms with E-state index >= 15 is 0 Å². The minimum Gasteiger partial charge on any atom is -0.497 e. The van der Waals surface area contributed by atoms with Gasteiger partial charge in [0, 0.05) is 25.2 Å². The second-order valence-electron chi connectivity index (χ2n) is 9.05. The smallest absolute Gasteiger partial charge is 0.263 e. The topological polar surface area (TPSA) is 42.0 Å². The van der Waals surface area contributed by atoms with Crippen molar-refractivity contribution < 1.29 is 18.7 Å². The lowest BCUT2D eigenvalue weighted by molar-refractivity contribution is 0.0587. The molecule has 0 saturated carbocycles. The molecule has 5 nitrogen and oxygen atoms in total. The van der Waals surface area contributed by atoms with Crippen LogP contribution in [0.2, 0.25) is 0 Å². The molecule has 7 heteroatoms. The molecule has 35 heavy (non-hydrogen) atoms. The maximum Gasteiger partial charge on any atom is 0.263 e. The lowest BCUT2D eigenvalue weighted by Gasteiger charge is -2.40. The number of thiophene rings is 1. The number of carbonyl (C=O) groups excluding carboxylic acids is 1. The van der Waals surface area contributed by atoms with Gasteiger partial charge in [-0.05, 0) is 79.5 Å². The summed E-state index contributed by atoms with van der Waals surface area (Å²) in [5, 5.41) is 1.91. The summed E-state index contributed by atoms with van der Waals surface area (Å²) in [6.07, 6.45) is 2.38. The van der Waals surface area contributed by atoms with E-state index in [1.54, 1.807) is 20.3 Å². The fourth-order valence-electron chi connectivity index (χ4n) is 4.98. The van der Waals surface area contributed by atoms with E-state index in [0.717, 1.165) is 49.5 Å². The summed E-state index contributed by atoms with van der Waals surface area (Å²) >= 11 is 1.45. The number of ether oxygens (including phenoxy) is 2. The van der Waals surface area contributed by atoms with Crippen molar-refractivity contribution in [3.05, 3.63) is 81.8 Å². The molecule has 2 aromatic carbocycles. The molecule has 0 aliphatic carbocycles. The molecule has 3 aromatic rings. The first-order chi connectivity index (χ1) is 17.0. The third-order valence-electron chi connectivity index (χ3n) is 6.99. The Balaban J connectivity index is 1.48. The van der Waals surface area contributed by atoms with Gasteiger partial charge in [-0.3, -0.25) is 9.69 Å². The normalized spacial score (nSPS) is 15.5. The minimum atomic E-state index is -0.211. The number of hydrogen-bond acceptors (Lipinski definition) is 5. The Morgan fingerprint density at radius 3 is 2.51 bits per heavy atom. The highest BCUT2D eigenvalue weighted by Gasteiger charge is 2.33. The van der Waals surface area contributed by atoms with Gasteiger partial charge in [0.25, 0.3) is 5.91 Å². The fourth-order valence-corrected chi connectivity index (χ4v) is 5.68. The van der Waals surface area contributed by atoms with Gasteiger partial charge in [-0.1, -0.05) is 24.3 Å². The zero-order chi connectivity index (χ0) is 24.8. The zero-order valence-electron chi connectivity index (χ0n) is 20.6. The van der Waals surface area contributed by atoms with Crippen LogP contribution in [-0.2, 0) is 13.0 Å². The predicted octanol–water partition coefficient (Wildman–Crippen LogP) is 5.50. The van der Waals surface area contributed by atoms with E-state index in [1.165, 1.54) is 17.4 Å². The summed E-state index contributed by atoms with van der Waals surface area (Å²) in [5.41, 5.74) is 1.75. The van der Waals surface area contributed by atoms with Crippen molar-refractivity contribution in [1.29, 1.82) is 0 Å². The van der Waals surface area contributed by atoms with Gasteiger partial charge >= 0.3 is 0 Å². The van der Waals surface area contributed by atoms with Crippen LogP contribution < -0.4 is 9.47 Å². The van der Waals surface area contributed by atoms with Gasteiger partial charge in [-0.15, -0.1) is 11.3 Å². The van der Waals surface area contributed by atoms with Gasteiger partial charge in [0.1, 0.15) is 17.3 Å². The first-order valence-electron chi connectivity index (χ1n) is 12.0. The molecule has 0 bridgehead atoms. The molecule has 1 aliphatic rings. The third kappa shape index (κ3) is 6.03. The Morgan fingerprint density at radius 1 is 1.09 bits per heavy atom. The van der Waals surface area contributed by atoms with E-state index in [1.807, 2.05) is 59.8 Å². The summed E-state index contributed by atoms with van der Waals surface area (Å²) in [7, 11) is 5.22. The van der Waals surface area contributed by atoms with Gasteiger partial charge in [0.2, 0.25) is 0 Å². The van der Waals surface area contributed by atoms with Crippen molar-refractivity contribution >= 4 is 17.2 Å². The number of methoxy groups -OCH3 is 2. The number of amides is 1. The van der Waals surface area contributed by atoms with Crippen LogP contribution in [0.1, 0.15) is 33.6 Å². The van der Waals surface area contributed by atoms with E-state index < -0.39 is 0 Å². The average molecular weight is 497 g/mol. The molecule has 0 spiro atoms. The summed E-state index contributed by atoms with van der Waals surface area (Å²) in [4.78, 5) is 18.2. The molecule has 1 amide bonds. The highest BCUT2D eigenvalue weighted by Crippen LogP contribution is 2.31. The second kappa shape index (κ2) is 11.7. The van der Waals surface area contributed by atoms with Crippen LogP contribution in [0, 0.1) is 11.7 Å². The fraction of sp³-hybridized carbons (Fsp3) is 0.393. The lowest BCUT2D eigenvalue weighted by Crippen LogP contribution is -2.47. The lowest BCUT2D eigenvalue weighted by atomic mass is 9.84. The molecule has 0 unspecified atom stereocenters. The van der Waals surface area contributed by atoms with Crippen LogP contribution >= 0.6 is 11.3 Å². The number of halogens is 1. The SMILES string of the molecule is COc1ccc(OC)c(CN2CCC([C@@H](Cc3ccccc3F)N(C)C(=O)c3cccs3)CC2)c1. The van der Waals surface area contributed by atoms with Gasteiger partial charge < -0.3 is 14.4 Å². The quantitative estimate of drug-likeness (QED) is 0.392. The van der Waals surface area contributed by atoms with Crippen LogP contribution in [-0.4, -0.2) is 56.1 Å². The number of carbonyl (C=O) groups is 1. The van der Waals surface area contributed by atoms with E-state index in [2.05, 4.69) is 4.90 Å². The van der Waals surface area contributed by atoms with Crippen LogP contribution in [0.3, 0.4) is 0 Å². The van der Waals surface area contributed by atoms with Crippen LogP contribution in [0.4, 0.5) is 4.39 Å². The Labute approximate surface area is 211 Å². The van der Waals surface area contributed by atoms with E-state index in [9.17, 15) is 9.18 Å². The minimum absolute atomic E-state index is 0.00452. The highest BCUT2D eigenvalue weighted by atomic mass is 32.1. The van der Waals surface area contributed by atoms with Gasteiger partial charge in [0.05, 0.1) is 19.1 Å². The second-order valence-corrected chi connectivity index (χ2v) is 10.00. The molecule has 1 aliphatic heterocycles.